The number of likely N-dealkylation sites (tertiary alicyclic amines) is 1. The van der Waals surface area contributed by atoms with Crippen LogP contribution in [-0.4, -0.2) is 41.2 Å². The summed E-state index contributed by atoms with van der Waals surface area (Å²) in [5, 5.41) is 14.1. The van der Waals surface area contributed by atoms with Crippen molar-refractivity contribution in [3.05, 3.63) is 29.8 Å². The van der Waals surface area contributed by atoms with Gasteiger partial charge >= 0.3 is 12.1 Å². The first-order valence-corrected chi connectivity index (χ1v) is 7.14. The zero-order valence-electron chi connectivity index (χ0n) is 11.9. The van der Waals surface area contributed by atoms with E-state index in [4.69, 9.17) is 17.5 Å². The number of benzene rings is 1. The molecule has 1 aliphatic heterocycles. The Morgan fingerprint density at radius 2 is 2.17 bits per heavy atom. The zero-order chi connectivity index (χ0) is 17.0. The smallest absolute Gasteiger partial charge is 0.347 e. The van der Waals surface area contributed by atoms with Gasteiger partial charge in [0, 0.05) is 24.8 Å². The molecule has 1 unspecified atom stereocenters. The minimum absolute atomic E-state index is 0.200. The highest BCUT2D eigenvalue weighted by atomic mass is 32.1. The number of thiocarbonyl (C=S) groups is 1. The predicted molar refractivity (Wildman–Crippen MR) is 81.6 cm³/mol. The van der Waals surface area contributed by atoms with Crippen molar-refractivity contribution in [3.8, 4) is 6.07 Å². The monoisotopic (exact) mass is 342 g/mol. The quantitative estimate of drug-likeness (QED) is 0.805. The fourth-order valence-electron chi connectivity index (χ4n) is 2.20. The molecule has 9 heteroatoms. The number of carbonyl (C=O) groups is 1. The number of anilines is 1. The standard InChI is InChI=1S/C14H13F3N4OS/c15-14(16,17)12(22)19-11-4-5-21(8-11)13(23)20-10-3-1-2-9(6-10)7-18/h1-3,6,11H,4-5,8H2,(H,19,22)(H,20,23). The van der Waals surface area contributed by atoms with E-state index < -0.39 is 18.1 Å². The van der Waals surface area contributed by atoms with Crippen LogP contribution in [0, 0.1) is 11.3 Å². The molecule has 2 N–H and O–H groups in total. The molecule has 1 heterocycles. The zero-order valence-corrected chi connectivity index (χ0v) is 12.7. The van der Waals surface area contributed by atoms with Gasteiger partial charge in [-0.05, 0) is 36.8 Å². The maximum atomic E-state index is 12.2. The number of hydrogen-bond acceptors (Lipinski definition) is 3. The first-order valence-electron chi connectivity index (χ1n) is 6.73. The molecule has 0 aliphatic carbocycles. The second-order valence-electron chi connectivity index (χ2n) is 5.03. The Labute approximate surface area is 136 Å². The lowest BCUT2D eigenvalue weighted by Crippen LogP contribution is -2.45. The molecule has 0 aromatic heterocycles. The molecule has 122 valence electrons. The molecule has 1 atom stereocenters. The number of hydrogen-bond donors (Lipinski definition) is 2. The van der Waals surface area contributed by atoms with Crippen LogP contribution in [0.25, 0.3) is 0 Å². The summed E-state index contributed by atoms with van der Waals surface area (Å²) in [5.74, 6) is -1.94. The molecule has 0 saturated carbocycles. The van der Waals surface area contributed by atoms with Crippen LogP contribution in [0.5, 0.6) is 0 Å². The van der Waals surface area contributed by atoms with Crippen molar-refractivity contribution in [2.45, 2.75) is 18.6 Å². The van der Waals surface area contributed by atoms with Gasteiger partial charge in [0.15, 0.2) is 5.11 Å². The number of nitrogens with zero attached hydrogens (tertiary/aromatic N) is 2. The Balaban J connectivity index is 1.90. The second-order valence-corrected chi connectivity index (χ2v) is 5.41. The molecule has 5 nitrogen and oxygen atoms in total. The lowest BCUT2D eigenvalue weighted by atomic mass is 10.2. The van der Waals surface area contributed by atoms with Gasteiger partial charge in [-0.1, -0.05) is 6.07 Å². The summed E-state index contributed by atoms with van der Waals surface area (Å²) >= 11 is 5.21. The van der Waals surface area contributed by atoms with Crippen LogP contribution in [-0.2, 0) is 4.79 Å². The number of alkyl halides is 3. The minimum atomic E-state index is -4.89. The summed E-state index contributed by atoms with van der Waals surface area (Å²) in [5.41, 5.74) is 1.09. The third-order valence-corrected chi connectivity index (χ3v) is 3.67. The van der Waals surface area contributed by atoms with Crippen molar-refractivity contribution < 1.29 is 18.0 Å². The normalized spacial score (nSPS) is 17.5. The largest absolute Gasteiger partial charge is 0.471 e. The first kappa shape index (κ1) is 17.0. The lowest BCUT2D eigenvalue weighted by molar-refractivity contribution is -0.174. The Hall–Kier alpha value is -2.34. The van der Waals surface area contributed by atoms with Gasteiger partial charge in [0.2, 0.25) is 0 Å². The van der Waals surface area contributed by atoms with E-state index in [1.165, 1.54) is 0 Å². The highest BCUT2D eigenvalue weighted by Gasteiger charge is 2.40. The van der Waals surface area contributed by atoms with Crippen LogP contribution in [0.3, 0.4) is 0 Å². The van der Waals surface area contributed by atoms with Crippen LogP contribution < -0.4 is 10.6 Å². The van der Waals surface area contributed by atoms with Crippen molar-refractivity contribution in [2.24, 2.45) is 0 Å². The Morgan fingerprint density at radius 1 is 1.43 bits per heavy atom. The predicted octanol–water partition coefficient (Wildman–Crippen LogP) is 2.01. The van der Waals surface area contributed by atoms with E-state index in [1.54, 1.807) is 29.2 Å². The molecule has 0 spiro atoms. The van der Waals surface area contributed by atoms with Crippen molar-refractivity contribution in [2.75, 3.05) is 18.4 Å². The molecule has 0 radical (unpaired) electrons. The molecule has 1 amide bonds. The number of carbonyl (C=O) groups excluding carboxylic acids is 1. The maximum absolute atomic E-state index is 12.2. The Bertz CT molecular complexity index is 656. The van der Waals surface area contributed by atoms with Gasteiger partial charge in [-0.3, -0.25) is 4.79 Å². The van der Waals surface area contributed by atoms with Gasteiger partial charge in [-0.2, -0.15) is 18.4 Å². The molecule has 1 aromatic carbocycles. The van der Waals surface area contributed by atoms with E-state index in [-0.39, 0.29) is 6.54 Å². The molecule has 1 fully saturated rings. The average Bonchev–Trinajstić information content (AvgIpc) is 2.95. The Morgan fingerprint density at radius 3 is 2.83 bits per heavy atom. The van der Waals surface area contributed by atoms with Crippen molar-refractivity contribution in [1.82, 2.24) is 10.2 Å². The summed E-state index contributed by atoms with van der Waals surface area (Å²) in [6.07, 6.45) is -4.51. The molecule has 1 aromatic rings. The van der Waals surface area contributed by atoms with E-state index in [9.17, 15) is 18.0 Å². The third-order valence-electron chi connectivity index (χ3n) is 3.31. The molecule has 23 heavy (non-hydrogen) atoms. The van der Waals surface area contributed by atoms with Gasteiger partial charge in [-0.15, -0.1) is 0 Å². The molecule has 1 aliphatic rings. The highest BCUT2D eigenvalue weighted by molar-refractivity contribution is 7.80. The SMILES string of the molecule is N#Cc1cccc(NC(=S)N2CCC(NC(=O)C(F)(F)F)C2)c1. The van der Waals surface area contributed by atoms with Crippen LogP contribution in [0.2, 0.25) is 0 Å². The molecular weight excluding hydrogens is 329 g/mol. The number of nitrogens with one attached hydrogen (secondary N) is 2. The summed E-state index contributed by atoms with van der Waals surface area (Å²) < 4.78 is 36.7. The van der Waals surface area contributed by atoms with Gasteiger partial charge in [0.05, 0.1) is 11.6 Å². The minimum Gasteiger partial charge on any atom is -0.347 e. The van der Waals surface area contributed by atoms with E-state index in [2.05, 4.69) is 5.32 Å². The van der Waals surface area contributed by atoms with Gasteiger partial charge in [0.25, 0.3) is 0 Å². The van der Waals surface area contributed by atoms with E-state index >= 15 is 0 Å². The molecule has 1 saturated heterocycles. The summed E-state index contributed by atoms with van der Waals surface area (Å²) in [6, 6.07) is 8.08. The molecule has 0 bridgehead atoms. The number of amides is 1. The van der Waals surface area contributed by atoms with Crippen LogP contribution in [0.1, 0.15) is 12.0 Å². The number of nitriles is 1. The van der Waals surface area contributed by atoms with Crippen molar-refractivity contribution in [3.63, 3.8) is 0 Å². The fraction of sp³-hybridized carbons (Fsp3) is 0.357. The fourth-order valence-corrected chi connectivity index (χ4v) is 2.48. The van der Waals surface area contributed by atoms with Gasteiger partial charge in [0.1, 0.15) is 0 Å². The van der Waals surface area contributed by atoms with Gasteiger partial charge in [-0.25, -0.2) is 0 Å². The van der Waals surface area contributed by atoms with Crippen LogP contribution in [0.4, 0.5) is 18.9 Å². The lowest BCUT2D eigenvalue weighted by Gasteiger charge is -2.21. The Kier molecular flexibility index (Phi) is 5.05. The van der Waals surface area contributed by atoms with Crippen molar-refractivity contribution in [1.29, 1.82) is 5.26 Å². The topological polar surface area (TPSA) is 68.2 Å². The summed E-state index contributed by atoms with van der Waals surface area (Å²) in [7, 11) is 0. The second kappa shape index (κ2) is 6.83. The van der Waals surface area contributed by atoms with E-state index in [1.807, 2.05) is 11.4 Å². The third kappa shape index (κ3) is 4.56. The highest BCUT2D eigenvalue weighted by Crippen LogP contribution is 2.18. The number of halogens is 3. The molecule has 2 rings (SSSR count). The van der Waals surface area contributed by atoms with E-state index in [0.717, 1.165) is 0 Å². The summed E-state index contributed by atoms with van der Waals surface area (Å²) in [4.78, 5) is 12.6. The van der Waals surface area contributed by atoms with Gasteiger partial charge < -0.3 is 15.5 Å². The summed E-state index contributed by atoms with van der Waals surface area (Å²) in [6.45, 7) is 0.637. The maximum Gasteiger partial charge on any atom is 0.471 e. The molecular formula is C14H13F3N4OS. The van der Waals surface area contributed by atoms with Crippen molar-refractivity contribution >= 4 is 28.9 Å². The van der Waals surface area contributed by atoms with E-state index in [0.29, 0.717) is 29.3 Å². The average molecular weight is 342 g/mol. The van der Waals surface area contributed by atoms with Crippen LogP contribution >= 0.6 is 12.2 Å². The first-order chi connectivity index (χ1) is 10.8. The number of rotatable bonds is 2. The van der Waals surface area contributed by atoms with Crippen LogP contribution in [0.15, 0.2) is 24.3 Å².